The SMILES string of the molecule is CCOCC(=O)NCC1CCN(c2cc(OC)cc(Oc3ccc(C(F)(F)F)nc3)c2)C1. The number of hydrogen-bond acceptors (Lipinski definition) is 6. The molecule has 10 heteroatoms. The van der Waals surface area contributed by atoms with Gasteiger partial charge in [-0.05, 0) is 31.4 Å². The Labute approximate surface area is 184 Å². The molecule has 174 valence electrons. The predicted molar refractivity (Wildman–Crippen MR) is 112 cm³/mol. The number of rotatable bonds is 9. The number of halogens is 3. The number of anilines is 1. The summed E-state index contributed by atoms with van der Waals surface area (Å²) in [6, 6.07) is 7.43. The van der Waals surface area contributed by atoms with E-state index in [1.54, 1.807) is 12.1 Å². The molecule has 1 N–H and O–H groups in total. The van der Waals surface area contributed by atoms with Gasteiger partial charge in [0, 0.05) is 50.1 Å². The smallest absolute Gasteiger partial charge is 0.433 e. The largest absolute Gasteiger partial charge is 0.497 e. The lowest BCUT2D eigenvalue weighted by Crippen LogP contribution is -2.33. The van der Waals surface area contributed by atoms with Crippen molar-refractivity contribution in [2.24, 2.45) is 5.92 Å². The first-order valence-corrected chi connectivity index (χ1v) is 10.3. The van der Waals surface area contributed by atoms with Crippen LogP contribution in [0, 0.1) is 5.92 Å². The van der Waals surface area contributed by atoms with Crippen molar-refractivity contribution in [1.82, 2.24) is 10.3 Å². The van der Waals surface area contributed by atoms with E-state index in [0.29, 0.717) is 24.7 Å². The summed E-state index contributed by atoms with van der Waals surface area (Å²) in [5.41, 5.74) is -0.116. The molecule has 0 radical (unpaired) electrons. The second-order valence-electron chi connectivity index (χ2n) is 7.39. The minimum absolute atomic E-state index is 0.0579. The van der Waals surface area contributed by atoms with Crippen LogP contribution in [0.2, 0.25) is 0 Å². The number of nitrogens with one attached hydrogen (secondary N) is 1. The maximum absolute atomic E-state index is 12.7. The molecule has 0 spiro atoms. The number of aromatic nitrogens is 1. The fraction of sp³-hybridized carbons (Fsp3) is 0.455. The van der Waals surface area contributed by atoms with E-state index in [9.17, 15) is 18.0 Å². The molecule has 32 heavy (non-hydrogen) atoms. The first kappa shape index (κ1) is 23.6. The first-order chi connectivity index (χ1) is 15.3. The van der Waals surface area contributed by atoms with E-state index in [1.807, 2.05) is 13.0 Å². The quantitative estimate of drug-likeness (QED) is 0.621. The summed E-state index contributed by atoms with van der Waals surface area (Å²) in [7, 11) is 1.53. The molecule has 1 aromatic carbocycles. The van der Waals surface area contributed by atoms with Gasteiger partial charge in [-0.15, -0.1) is 0 Å². The van der Waals surface area contributed by atoms with Gasteiger partial charge in [-0.2, -0.15) is 13.2 Å². The van der Waals surface area contributed by atoms with Gasteiger partial charge in [0.2, 0.25) is 5.91 Å². The van der Waals surface area contributed by atoms with E-state index in [4.69, 9.17) is 14.2 Å². The van der Waals surface area contributed by atoms with Crippen LogP contribution in [0.5, 0.6) is 17.2 Å². The zero-order chi connectivity index (χ0) is 23.1. The van der Waals surface area contributed by atoms with E-state index >= 15 is 0 Å². The minimum Gasteiger partial charge on any atom is -0.497 e. The highest BCUT2D eigenvalue weighted by Gasteiger charge is 2.32. The third kappa shape index (κ3) is 6.49. The number of pyridine rings is 1. The fourth-order valence-corrected chi connectivity index (χ4v) is 3.40. The van der Waals surface area contributed by atoms with Crippen molar-refractivity contribution in [3.8, 4) is 17.2 Å². The molecule has 1 atom stereocenters. The van der Waals surface area contributed by atoms with Crippen LogP contribution in [0.25, 0.3) is 0 Å². The van der Waals surface area contributed by atoms with E-state index < -0.39 is 11.9 Å². The molecule has 0 bridgehead atoms. The lowest BCUT2D eigenvalue weighted by molar-refractivity contribution is -0.141. The lowest BCUT2D eigenvalue weighted by atomic mass is 10.1. The minimum atomic E-state index is -4.50. The van der Waals surface area contributed by atoms with Gasteiger partial charge in [0.25, 0.3) is 0 Å². The van der Waals surface area contributed by atoms with E-state index in [-0.39, 0.29) is 24.2 Å². The van der Waals surface area contributed by atoms with Gasteiger partial charge in [0.15, 0.2) is 0 Å². The number of carbonyl (C=O) groups is 1. The highest BCUT2D eigenvalue weighted by Crippen LogP contribution is 2.34. The van der Waals surface area contributed by atoms with Crippen molar-refractivity contribution in [2.75, 3.05) is 44.9 Å². The maximum Gasteiger partial charge on any atom is 0.433 e. The molecule has 1 saturated heterocycles. The Morgan fingerprint density at radius 3 is 2.66 bits per heavy atom. The number of ether oxygens (including phenoxy) is 3. The van der Waals surface area contributed by atoms with Crippen molar-refractivity contribution in [2.45, 2.75) is 19.5 Å². The molecule has 2 heterocycles. The van der Waals surface area contributed by atoms with Crippen LogP contribution in [0.15, 0.2) is 36.5 Å². The molecule has 1 aliphatic rings. The van der Waals surface area contributed by atoms with Crippen LogP contribution in [0.3, 0.4) is 0 Å². The van der Waals surface area contributed by atoms with Gasteiger partial charge in [-0.25, -0.2) is 4.98 Å². The molecule has 1 unspecified atom stereocenters. The highest BCUT2D eigenvalue weighted by molar-refractivity contribution is 5.77. The Hall–Kier alpha value is -3.01. The molecule has 0 aliphatic carbocycles. The molecule has 7 nitrogen and oxygen atoms in total. The number of methoxy groups -OCH3 is 1. The highest BCUT2D eigenvalue weighted by atomic mass is 19.4. The van der Waals surface area contributed by atoms with Crippen LogP contribution in [-0.4, -0.2) is 50.8 Å². The van der Waals surface area contributed by atoms with Crippen LogP contribution < -0.4 is 19.7 Å². The van der Waals surface area contributed by atoms with Gasteiger partial charge in [0.1, 0.15) is 29.5 Å². The standard InChI is InChI=1S/C22H26F3N3O4/c1-3-31-14-21(29)27-11-15-6-7-28(13-15)16-8-18(30-2)10-19(9-16)32-17-4-5-20(26-12-17)22(23,24)25/h4-5,8-10,12,15H,3,6-7,11,13-14H2,1-2H3,(H,27,29). The lowest BCUT2D eigenvalue weighted by Gasteiger charge is -2.21. The molecule has 1 amide bonds. The fourth-order valence-electron chi connectivity index (χ4n) is 3.40. The second-order valence-corrected chi connectivity index (χ2v) is 7.39. The average Bonchev–Trinajstić information content (AvgIpc) is 3.25. The monoisotopic (exact) mass is 453 g/mol. The molecule has 3 rings (SSSR count). The molecular weight excluding hydrogens is 427 g/mol. The van der Waals surface area contributed by atoms with Gasteiger partial charge in [-0.3, -0.25) is 4.79 Å². The van der Waals surface area contributed by atoms with Crippen LogP contribution in [0.1, 0.15) is 19.0 Å². The van der Waals surface area contributed by atoms with Crippen molar-refractivity contribution in [1.29, 1.82) is 0 Å². The zero-order valence-electron chi connectivity index (χ0n) is 17.9. The topological polar surface area (TPSA) is 72.9 Å². The van der Waals surface area contributed by atoms with Gasteiger partial charge < -0.3 is 24.4 Å². The van der Waals surface area contributed by atoms with E-state index in [1.165, 1.54) is 13.2 Å². The summed E-state index contributed by atoms with van der Waals surface area (Å²) in [6.07, 6.45) is -2.56. The number of benzene rings is 1. The van der Waals surface area contributed by atoms with E-state index in [0.717, 1.165) is 37.5 Å². The van der Waals surface area contributed by atoms with Gasteiger partial charge in [0.05, 0.1) is 13.3 Å². The van der Waals surface area contributed by atoms with Crippen LogP contribution in [0.4, 0.5) is 18.9 Å². The number of nitrogens with zero attached hydrogens (tertiary/aromatic N) is 2. The molecule has 1 aromatic heterocycles. The summed E-state index contributed by atoms with van der Waals surface area (Å²) >= 11 is 0. The van der Waals surface area contributed by atoms with Crippen molar-refractivity contribution in [3.63, 3.8) is 0 Å². The third-order valence-corrected chi connectivity index (χ3v) is 5.04. The van der Waals surface area contributed by atoms with Gasteiger partial charge in [-0.1, -0.05) is 0 Å². The number of carbonyl (C=O) groups excluding carboxylic acids is 1. The summed E-state index contributed by atoms with van der Waals surface area (Å²) in [5.74, 6) is 1.33. The maximum atomic E-state index is 12.7. The summed E-state index contributed by atoms with van der Waals surface area (Å²) in [6.45, 7) is 4.48. The Balaban J connectivity index is 1.64. The molecule has 1 aliphatic heterocycles. The van der Waals surface area contributed by atoms with Crippen molar-refractivity contribution in [3.05, 3.63) is 42.2 Å². The zero-order valence-corrected chi connectivity index (χ0v) is 17.9. The van der Waals surface area contributed by atoms with Crippen LogP contribution >= 0.6 is 0 Å². The Kier molecular flexibility index (Phi) is 7.79. The molecule has 1 fully saturated rings. The first-order valence-electron chi connectivity index (χ1n) is 10.3. The number of alkyl halides is 3. The van der Waals surface area contributed by atoms with Gasteiger partial charge >= 0.3 is 6.18 Å². The third-order valence-electron chi connectivity index (χ3n) is 5.04. The second kappa shape index (κ2) is 10.5. The van der Waals surface area contributed by atoms with Crippen molar-refractivity contribution >= 4 is 11.6 Å². The molecule has 0 saturated carbocycles. The molecular formula is C22H26F3N3O4. The Morgan fingerprint density at radius 2 is 2.00 bits per heavy atom. The number of amides is 1. The Bertz CT molecular complexity index is 906. The van der Waals surface area contributed by atoms with Crippen LogP contribution in [-0.2, 0) is 15.7 Å². The predicted octanol–water partition coefficient (Wildman–Crippen LogP) is 3.88. The average molecular weight is 453 g/mol. The summed E-state index contributed by atoms with van der Waals surface area (Å²) < 4.78 is 54.3. The Morgan fingerprint density at radius 1 is 1.22 bits per heavy atom. The summed E-state index contributed by atoms with van der Waals surface area (Å²) in [4.78, 5) is 17.3. The van der Waals surface area contributed by atoms with Crippen molar-refractivity contribution < 1.29 is 32.2 Å². The number of hydrogen-bond donors (Lipinski definition) is 1. The van der Waals surface area contributed by atoms with E-state index in [2.05, 4.69) is 15.2 Å². The summed E-state index contributed by atoms with van der Waals surface area (Å²) in [5, 5.41) is 2.89. The molecule has 2 aromatic rings. The normalized spacial score (nSPS) is 16.2.